The molecule has 7 nitrogen and oxygen atoms in total. The summed E-state index contributed by atoms with van der Waals surface area (Å²) in [4.78, 5) is 12.0. The summed E-state index contributed by atoms with van der Waals surface area (Å²) in [6, 6.07) is 3.51. The van der Waals surface area contributed by atoms with Gasteiger partial charge >= 0.3 is 0 Å². The van der Waals surface area contributed by atoms with Crippen LogP contribution in [0.4, 0.5) is 0 Å². The summed E-state index contributed by atoms with van der Waals surface area (Å²) in [6.07, 6.45) is 4.26. The third-order valence-corrected chi connectivity index (χ3v) is 3.66. The fourth-order valence-corrected chi connectivity index (χ4v) is 2.53. The SMILES string of the molecule is COc1ccc2nnc(CNC(=O)C3CCCC3)n2n1. The number of ether oxygens (including phenoxy) is 1. The van der Waals surface area contributed by atoms with Crippen LogP contribution in [0.2, 0.25) is 0 Å². The zero-order chi connectivity index (χ0) is 13.9. The first kappa shape index (κ1) is 12.8. The lowest BCUT2D eigenvalue weighted by Gasteiger charge is -2.09. The molecule has 1 saturated carbocycles. The van der Waals surface area contributed by atoms with E-state index in [1.165, 1.54) is 0 Å². The first-order valence-corrected chi connectivity index (χ1v) is 6.81. The van der Waals surface area contributed by atoms with Crippen molar-refractivity contribution in [3.05, 3.63) is 18.0 Å². The molecule has 20 heavy (non-hydrogen) atoms. The van der Waals surface area contributed by atoms with Crippen LogP contribution in [0.25, 0.3) is 5.65 Å². The molecule has 1 fully saturated rings. The Hall–Kier alpha value is -2.18. The van der Waals surface area contributed by atoms with E-state index >= 15 is 0 Å². The maximum Gasteiger partial charge on any atom is 0.231 e. The van der Waals surface area contributed by atoms with E-state index in [4.69, 9.17) is 4.74 Å². The number of hydrogen-bond acceptors (Lipinski definition) is 5. The van der Waals surface area contributed by atoms with Gasteiger partial charge in [0.25, 0.3) is 0 Å². The number of carbonyl (C=O) groups is 1. The van der Waals surface area contributed by atoms with Crippen LogP contribution in [0.3, 0.4) is 0 Å². The highest BCUT2D eigenvalue weighted by molar-refractivity contribution is 5.78. The fourth-order valence-electron chi connectivity index (χ4n) is 2.53. The van der Waals surface area contributed by atoms with Gasteiger partial charge in [0.15, 0.2) is 11.5 Å². The molecule has 3 rings (SSSR count). The third-order valence-electron chi connectivity index (χ3n) is 3.66. The van der Waals surface area contributed by atoms with Gasteiger partial charge in [0, 0.05) is 12.0 Å². The molecule has 0 aliphatic heterocycles. The van der Waals surface area contributed by atoms with Gasteiger partial charge in [-0.15, -0.1) is 15.3 Å². The van der Waals surface area contributed by atoms with Crippen LogP contribution in [-0.4, -0.2) is 32.8 Å². The molecule has 0 atom stereocenters. The molecule has 0 radical (unpaired) electrons. The lowest BCUT2D eigenvalue weighted by Crippen LogP contribution is -2.29. The monoisotopic (exact) mass is 275 g/mol. The van der Waals surface area contributed by atoms with Crippen LogP contribution in [0.1, 0.15) is 31.5 Å². The Bertz CT molecular complexity index is 618. The van der Waals surface area contributed by atoms with Gasteiger partial charge in [0.05, 0.1) is 13.7 Å². The Labute approximate surface area is 116 Å². The number of rotatable bonds is 4. The number of hydrogen-bond donors (Lipinski definition) is 1. The van der Waals surface area contributed by atoms with Gasteiger partial charge in [-0.1, -0.05) is 12.8 Å². The Kier molecular flexibility index (Phi) is 3.49. The highest BCUT2D eigenvalue weighted by Crippen LogP contribution is 2.24. The summed E-state index contributed by atoms with van der Waals surface area (Å²) in [5.41, 5.74) is 0.635. The van der Waals surface area contributed by atoms with Crippen molar-refractivity contribution in [2.45, 2.75) is 32.2 Å². The molecular weight excluding hydrogens is 258 g/mol. The summed E-state index contributed by atoms with van der Waals surface area (Å²) in [7, 11) is 1.56. The van der Waals surface area contributed by atoms with Crippen LogP contribution >= 0.6 is 0 Å². The van der Waals surface area contributed by atoms with Crippen molar-refractivity contribution in [2.75, 3.05) is 7.11 Å². The van der Waals surface area contributed by atoms with E-state index in [0.717, 1.165) is 25.7 Å². The van der Waals surface area contributed by atoms with Crippen molar-refractivity contribution >= 4 is 11.6 Å². The highest BCUT2D eigenvalue weighted by Gasteiger charge is 2.22. The van der Waals surface area contributed by atoms with E-state index in [9.17, 15) is 4.79 Å². The Balaban J connectivity index is 1.72. The van der Waals surface area contributed by atoms with Crippen molar-refractivity contribution in [1.82, 2.24) is 25.1 Å². The molecule has 2 heterocycles. The zero-order valence-electron chi connectivity index (χ0n) is 11.4. The average molecular weight is 275 g/mol. The van der Waals surface area contributed by atoms with Crippen molar-refractivity contribution in [1.29, 1.82) is 0 Å². The topological polar surface area (TPSA) is 81.4 Å². The quantitative estimate of drug-likeness (QED) is 0.898. The van der Waals surface area contributed by atoms with Gasteiger partial charge in [-0.3, -0.25) is 4.79 Å². The van der Waals surface area contributed by atoms with E-state index in [1.807, 2.05) is 0 Å². The second-order valence-corrected chi connectivity index (χ2v) is 4.96. The fraction of sp³-hybridized carbons (Fsp3) is 0.538. The predicted octanol–water partition coefficient (Wildman–Crippen LogP) is 0.939. The number of carbonyl (C=O) groups excluding carboxylic acids is 1. The molecule has 1 N–H and O–H groups in total. The van der Waals surface area contributed by atoms with Crippen LogP contribution in [0, 0.1) is 5.92 Å². The summed E-state index contributed by atoms with van der Waals surface area (Å²) < 4.78 is 6.67. The lowest BCUT2D eigenvalue weighted by molar-refractivity contribution is -0.125. The third kappa shape index (κ3) is 2.43. The van der Waals surface area contributed by atoms with Crippen molar-refractivity contribution in [3.63, 3.8) is 0 Å². The Morgan fingerprint density at radius 1 is 1.40 bits per heavy atom. The smallest absolute Gasteiger partial charge is 0.231 e. The highest BCUT2D eigenvalue weighted by atomic mass is 16.5. The van der Waals surface area contributed by atoms with Gasteiger partial charge < -0.3 is 10.1 Å². The molecule has 1 amide bonds. The molecule has 106 valence electrons. The van der Waals surface area contributed by atoms with Crippen molar-refractivity contribution in [2.24, 2.45) is 5.92 Å². The summed E-state index contributed by atoms with van der Waals surface area (Å²) in [5.74, 6) is 1.34. The zero-order valence-corrected chi connectivity index (χ0v) is 11.4. The van der Waals surface area contributed by atoms with Crippen LogP contribution in [-0.2, 0) is 11.3 Å². The van der Waals surface area contributed by atoms with Crippen molar-refractivity contribution in [3.8, 4) is 5.88 Å². The number of methoxy groups -OCH3 is 1. The van der Waals surface area contributed by atoms with E-state index < -0.39 is 0 Å². The van der Waals surface area contributed by atoms with Crippen molar-refractivity contribution < 1.29 is 9.53 Å². The normalized spacial score (nSPS) is 15.7. The minimum atomic E-state index is 0.0992. The summed E-state index contributed by atoms with van der Waals surface area (Å²) >= 11 is 0. The second-order valence-electron chi connectivity index (χ2n) is 4.96. The molecular formula is C13H17N5O2. The first-order valence-electron chi connectivity index (χ1n) is 6.81. The number of amides is 1. The van der Waals surface area contributed by atoms with Gasteiger partial charge in [0.1, 0.15) is 0 Å². The first-order chi connectivity index (χ1) is 9.78. The van der Waals surface area contributed by atoms with Gasteiger partial charge in [-0.05, 0) is 18.9 Å². The maximum absolute atomic E-state index is 12.0. The maximum atomic E-state index is 12.0. The van der Waals surface area contributed by atoms with E-state index in [2.05, 4.69) is 20.6 Å². The second kappa shape index (κ2) is 5.44. The average Bonchev–Trinajstić information content (AvgIpc) is 3.13. The standard InChI is InChI=1S/C13H17N5O2/c1-20-12-7-6-10-15-16-11(18(10)17-12)8-14-13(19)9-4-2-3-5-9/h6-7,9H,2-5,8H2,1H3,(H,14,19). The molecule has 2 aromatic heterocycles. The van der Waals surface area contributed by atoms with Gasteiger partial charge in [-0.2, -0.15) is 4.52 Å². The predicted molar refractivity (Wildman–Crippen MR) is 71.1 cm³/mol. The molecule has 7 heteroatoms. The Morgan fingerprint density at radius 2 is 2.20 bits per heavy atom. The van der Waals surface area contributed by atoms with E-state index in [1.54, 1.807) is 23.8 Å². The molecule has 0 spiro atoms. The largest absolute Gasteiger partial charge is 0.480 e. The summed E-state index contributed by atoms with van der Waals surface area (Å²) in [6.45, 7) is 0.330. The number of aromatic nitrogens is 4. The number of nitrogens with one attached hydrogen (secondary N) is 1. The summed E-state index contributed by atoms with van der Waals surface area (Å²) in [5, 5.41) is 15.2. The number of fused-ring (bicyclic) bond motifs is 1. The minimum absolute atomic E-state index is 0.0992. The molecule has 1 aliphatic carbocycles. The lowest BCUT2D eigenvalue weighted by atomic mass is 10.1. The molecule has 0 saturated heterocycles. The molecule has 0 aromatic carbocycles. The van der Waals surface area contributed by atoms with Gasteiger partial charge in [-0.25, -0.2) is 0 Å². The number of nitrogens with zero attached hydrogens (tertiary/aromatic N) is 4. The van der Waals surface area contributed by atoms with E-state index in [0.29, 0.717) is 23.9 Å². The van der Waals surface area contributed by atoms with Crippen LogP contribution in [0.5, 0.6) is 5.88 Å². The molecule has 2 aromatic rings. The van der Waals surface area contributed by atoms with E-state index in [-0.39, 0.29) is 11.8 Å². The van der Waals surface area contributed by atoms with Crippen LogP contribution < -0.4 is 10.1 Å². The molecule has 1 aliphatic rings. The van der Waals surface area contributed by atoms with Crippen LogP contribution in [0.15, 0.2) is 12.1 Å². The van der Waals surface area contributed by atoms with Gasteiger partial charge in [0.2, 0.25) is 11.8 Å². The Morgan fingerprint density at radius 3 is 2.95 bits per heavy atom. The minimum Gasteiger partial charge on any atom is -0.480 e. The molecule has 0 bridgehead atoms. The molecule has 0 unspecified atom stereocenters.